The van der Waals surface area contributed by atoms with Crippen LogP contribution in [0.4, 0.5) is 0 Å². The predicted molar refractivity (Wildman–Crippen MR) is 45.5 cm³/mol. The van der Waals surface area contributed by atoms with Crippen LogP contribution in [0.1, 0.15) is 15.6 Å². The van der Waals surface area contributed by atoms with Gasteiger partial charge in [-0.15, -0.1) is 0 Å². The van der Waals surface area contributed by atoms with Gasteiger partial charge in [-0.25, -0.2) is 0 Å². The van der Waals surface area contributed by atoms with Crippen LogP contribution in [0.25, 0.3) is 0 Å². The average molecular weight is 177 g/mol. The van der Waals surface area contributed by atoms with Crippen molar-refractivity contribution in [2.75, 3.05) is 6.50 Å². The second kappa shape index (κ2) is 5.36. The topological polar surface area (TPSA) is 128 Å². The van der Waals surface area contributed by atoms with Crippen molar-refractivity contribution >= 4 is 11.9 Å². The molecule has 0 amide bonds. The number of hydrogen-bond donors (Lipinski definition) is 4. The molecule has 0 radical (unpaired) electrons. The molecule has 0 saturated heterocycles. The molecule has 0 rings (SSSR count). The minimum atomic E-state index is -1.97. The van der Waals surface area contributed by atoms with Gasteiger partial charge in [-0.2, -0.15) is 0 Å². The van der Waals surface area contributed by atoms with E-state index in [9.17, 15) is 4.79 Å². The molecule has 0 saturated carbocycles. The summed E-state index contributed by atoms with van der Waals surface area (Å²) in [4.78, 5) is 13.6. The van der Waals surface area contributed by atoms with E-state index in [1.807, 2.05) is 0 Å². The highest BCUT2D eigenvalue weighted by Crippen LogP contribution is 1.94. The van der Waals surface area contributed by atoms with Gasteiger partial charge in [0.15, 0.2) is 5.96 Å². The Bertz CT molecular complexity index is 240. The molecule has 1 atom stereocenters. The number of carbonyl (C=O) groups is 1. The van der Waals surface area contributed by atoms with Gasteiger partial charge in [-0.1, -0.05) is 0 Å². The summed E-state index contributed by atoms with van der Waals surface area (Å²) in [6, 6.07) is -1.10. The van der Waals surface area contributed by atoms with Gasteiger partial charge in [0.2, 0.25) is 0 Å². The van der Waals surface area contributed by atoms with Crippen LogP contribution in [-0.2, 0) is 4.79 Å². The van der Waals surface area contributed by atoms with Gasteiger partial charge in [0.1, 0.15) is 6.04 Å². The average Bonchev–Trinajstić information content (AvgIpc) is 1.97. The van der Waals surface area contributed by atoms with E-state index in [2.05, 4.69) is 4.99 Å². The van der Waals surface area contributed by atoms with Gasteiger partial charge in [0.25, 0.3) is 0 Å². The van der Waals surface area contributed by atoms with Gasteiger partial charge >= 0.3 is 5.97 Å². The van der Waals surface area contributed by atoms with Crippen molar-refractivity contribution in [2.24, 2.45) is 22.2 Å². The molecule has 0 aliphatic heterocycles. The van der Waals surface area contributed by atoms with Crippen LogP contribution >= 0.6 is 0 Å². The molecule has 0 fully saturated rings. The first-order chi connectivity index (χ1) is 6.24. The van der Waals surface area contributed by atoms with Crippen LogP contribution in [0.15, 0.2) is 4.99 Å². The molecule has 0 heterocycles. The Hall–Kier alpha value is -1.30. The molecule has 70 valence electrons. The first kappa shape index (κ1) is 7.35. The lowest BCUT2D eigenvalue weighted by atomic mass is 10.2. The molecular formula is C6H14N4O2. The molecule has 0 spiro atoms. The number of aliphatic carboxylic acids is 1. The highest BCUT2D eigenvalue weighted by Gasteiger charge is 2.09. The fraction of sp³-hybridized carbons (Fsp3) is 0.667. The lowest BCUT2D eigenvalue weighted by Crippen LogP contribution is -2.30. The smallest absolute Gasteiger partial charge is 0.320 e. The third-order valence-corrected chi connectivity index (χ3v) is 1.09. The minimum Gasteiger partial charge on any atom is -0.480 e. The molecule has 0 aromatic heterocycles. The molecule has 0 aromatic carbocycles. The second-order valence-corrected chi connectivity index (χ2v) is 2.18. The van der Waals surface area contributed by atoms with E-state index < -0.39 is 18.5 Å². The number of guanidine groups is 1. The summed E-state index contributed by atoms with van der Waals surface area (Å²) >= 11 is 0. The molecule has 0 aliphatic carbocycles. The standard InChI is InChI=1S/C6H14N4O2/c7-4(5(11)12)2-1-3-10-6(8)9/h4H,1-3,7H2,(H,11,12)(H4,8,9,10)/t4-/m0/s1/i3+1D2. The van der Waals surface area contributed by atoms with Crippen LogP contribution in [0.5, 0.6) is 0 Å². The molecule has 6 nitrogen and oxygen atoms in total. The molecule has 0 aromatic rings. The van der Waals surface area contributed by atoms with Gasteiger partial charge in [0, 0.05) is 6.50 Å². The number of carboxylic acid groups (broad SMARTS) is 1. The van der Waals surface area contributed by atoms with E-state index >= 15 is 0 Å². The van der Waals surface area contributed by atoms with Crippen molar-refractivity contribution in [3.05, 3.63) is 0 Å². The van der Waals surface area contributed by atoms with E-state index in [0.29, 0.717) is 0 Å². The second-order valence-electron chi connectivity index (χ2n) is 2.18. The van der Waals surface area contributed by atoms with E-state index in [-0.39, 0.29) is 18.8 Å². The Morgan fingerprint density at radius 1 is 1.67 bits per heavy atom. The SMILES string of the molecule is [2H][13C]([2H])(CC[C@H](N)C(=O)O)N=C(N)N. The Kier molecular flexibility index (Phi) is 3.29. The zero-order valence-electron chi connectivity index (χ0n) is 8.53. The number of nitrogens with zero attached hydrogens (tertiary/aromatic N) is 1. The molecule has 0 aliphatic rings. The fourth-order valence-corrected chi connectivity index (χ4v) is 0.491. The van der Waals surface area contributed by atoms with Crippen molar-refractivity contribution < 1.29 is 12.6 Å². The third kappa shape index (κ3) is 5.48. The molecule has 0 bridgehead atoms. The first-order valence-corrected chi connectivity index (χ1v) is 3.34. The summed E-state index contributed by atoms with van der Waals surface area (Å²) in [5.41, 5.74) is 15.1. The summed E-state index contributed by atoms with van der Waals surface area (Å²) in [7, 11) is 0. The molecule has 6 heteroatoms. The van der Waals surface area contributed by atoms with E-state index in [0.717, 1.165) is 0 Å². The lowest BCUT2D eigenvalue weighted by Gasteiger charge is -2.03. The Morgan fingerprint density at radius 3 is 2.67 bits per heavy atom. The maximum Gasteiger partial charge on any atom is 0.320 e. The largest absolute Gasteiger partial charge is 0.480 e. The van der Waals surface area contributed by atoms with Crippen molar-refractivity contribution in [1.29, 1.82) is 0 Å². The van der Waals surface area contributed by atoms with Gasteiger partial charge in [-0.3, -0.25) is 9.79 Å². The summed E-state index contributed by atoms with van der Waals surface area (Å²) < 4.78 is 14.5. The summed E-state index contributed by atoms with van der Waals surface area (Å²) in [5.74, 6) is -1.55. The zero-order chi connectivity index (χ0) is 11.4. The Balaban J connectivity index is 4.12. The highest BCUT2D eigenvalue weighted by atomic mass is 16.4. The molecular weight excluding hydrogens is 161 g/mol. The van der Waals surface area contributed by atoms with Gasteiger partial charge in [-0.05, 0) is 12.8 Å². The fourth-order valence-electron chi connectivity index (χ4n) is 0.491. The number of nitrogens with two attached hydrogens (primary N) is 3. The first-order valence-electron chi connectivity index (χ1n) is 4.34. The Morgan fingerprint density at radius 2 is 2.25 bits per heavy atom. The molecule has 12 heavy (non-hydrogen) atoms. The summed E-state index contributed by atoms with van der Waals surface area (Å²) in [6.45, 7) is -1.97. The van der Waals surface area contributed by atoms with Crippen LogP contribution in [0, 0.1) is 0 Å². The quantitative estimate of drug-likeness (QED) is 0.230. The van der Waals surface area contributed by atoms with E-state index in [1.165, 1.54) is 0 Å². The maximum absolute atomic E-state index is 10.3. The minimum absolute atomic E-state index is 0.0287. The van der Waals surface area contributed by atoms with Gasteiger partial charge in [0.05, 0.1) is 2.74 Å². The molecule has 7 N–H and O–H groups in total. The number of aliphatic imine (C=N–C) groups is 1. The van der Waals surface area contributed by atoms with Crippen LogP contribution in [-0.4, -0.2) is 29.6 Å². The number of rotatable bonds is 5. The van der Waals surface area contributed by atoms with Crippen molar-refractivity contribution in [3.8, 4) is 0 Å². The third-order valence-electron chi connectivity index (χ3n) is 1.09. The van der Waals surface area contributed by atoms with Crippen molar-refractivity contribution in [2.45, 2.75) is 18.9 Å². The van der Waals surface area contributed by atoms with E-state index in [1.54, 1.807) is 0 Å². The number of carboxylic acids is 1. The van der Waals surface area contributed by atoms with Crippen LogP contribution < -0.4 is 17.2 Å². The van der Waals surface area contributed by atoms with Crippen molar-refractivity contribution in [3.63, 3.8) is 0 Å². The summed E-state index contributed by atoms with van der Waals surface area (Å²) in [5, 5.41) is 8.43. The normalized spacial score (nSPS) is 15.8. The Labute approximate surface area is 73.2 Å². The predicted octanol–water partition coefficient (Wildman–Crippen LogP) is -1.55. The summed E-state index contributed by atoms with van der Waals surface area (Å²) in [6.07, 6.45) is -0.169. The van der Waals surface area contributed by atoms with Crippen LogP contribution in [0.2, 0.25) is 0 Å². The van der Waals surface area contributed by atoms with Crippen LogP contribution in [0.3, 0.4) is 0 Å². The maximum atomic E-state index is 10.3. The number of hydrogen-bond acceptors (Lipinski definition) is 3. The monoisotopic (exact) mass is 177 g/mol. The van der Waals surface area contributed by atoms with Gasteiger partial charge < -0.3 is 22.3 Å². The van der Waals surface area contributed by atoms with E-state index in [4.69, 9.17) is 25.0 Å². The lowest BCUT2D eigenvalue weighted by molar-refractivity contribution is -0.138. The zero-order valence-corrected chi connectivity index (χ0v) is 6.53. The highest BCUT2D eigenvalue weighted by molar-refractivity contribution is 5.75. The molecule has 0 unspecified atom stereocenters. The van der Waals surface area contributed by atoms with Crippen molar-refractivity contribution in [1.82, 2.24) is 0 Å².